The Morgan fingerprint density at radius 1 is 1.11 bits per heavy atom. The van der Waals surface area contributed by atoms with Crippen molar-refractivity contribution in [2.75, 3.05) is 13.6 Å². The second kappa shape index (κ2) is 6.94. The Morgan fingerprint density at radius 2 is 1.81 bits per heavy atom. The number of aliphatic hydroxyl groups excluding tert-OH is 1. The van der Waals surface area contributed by atoms with Gasteiger partial charge in [-0.2, -0.15) is 26.3 Å². The van der Waals surface area contributed by atoms with Gasteiger partial charge in [-0.3, -0.25) is 0 Å². The zero-order chi connectivity index (χ0) is 20.0. The minimum absolute atomic E-state index is 0.121. The van der Waals surface area contributed by atoms with Gasteiger partial charge >= 0.3 is 12.4 Å². The number of likely N-dealkylation sites (N-methyl/N-ethyl adjacent to an activating group) is 1. The van der Waals surface area contributed by atoms with E-state index in [1.165, 1.54) is 6.07 Å². The van der Waals surface area contributed by atoms with E-state index >= 15 is 0 Å². The molecule has 27 heavy (non-hydrogen) atoms. The van der Waals surface area contributed by atoms with Crippen LogP contribution in [0.1, 0.15) is 42.2 Å². The van der Waals surface area contributed by atoms with Gasteiger partial charge in [0.05, 0.1) is 17.2 Å². The molecule has 1 saturated heterocycles. The molecule has 0 unspecified atom stereocenters. The van der Waals surface area contributed by atoms with Crippen molar-refractivity contribution in [2.24, 2.45) is 0 Å². The molecule has 0 bridgehead atoms. The number of pyridine rings is 1. The summed E-state index contributed by atoms with van der Waals surface area (Å²) in [6.07, 6.45) is -8.93. The maximum Gasteiger partial charge on any atom is 0.433 e. The van der Waals surface area contributed by atoms with E-state index in [2.05, 4.69) is 4.98 Å². The first-order chi connectivity index (χ1) is 12.5. The molecule has 0 aliphatic carbocycles. The molecule has 0 spiro atoms. The van der Waals surface area contributed by atoms with Crippen molar-refractivity contribution in [3.63, 3.8) is 0 Å². The Kier molecular flexibility index (Phi) is 5.11. The van der Waals surface area contributed by atoms with Crippen molar-refractivity contribution in [2.45, 2.75) is 43.8 Å². The Labute approximate surface area is 151 Å². The molecule has 1 aromatic heterocycles. The number of piperidine rings is 1. The number of nitrogens with zero attached hydrogens (tertiary/aromatic N) is 2. The topological polar surface area (TPSA) is 36.4 Å². The van der Waals surface area contributed by atoms with Gasteiger partial charge in [-0.25, -0.2) is 4.98 Å². The molecule has 1 aromatic carbocycles. The molecule has 1 aliphatic rings. The van der Waals surface area contributed by atoms with Crippen molar-refractivity contribution in [1.82, 2.24) is 9.88 Å². The lowest BCUT2D eigenvalue weighted by Crippen LogP contribution is -2.40. The Bertz CT molecular complexity index is 833. The quantitative estimate of drug-likeness (QED) is 0.747. The zero-order valence-corrected chi connectivity index (χ0v) is 14.4. The van der Waals surface area contributed by atoms with E-state index in [1.807, 2.05) is 4.90 Å². The number of alkyl halides is 6. The summed E-state index contributed by atoms with van der Waals surface area (Å²) in [5, 5.41) is 10.7. The average Bonchev–Trinajstić information content (AvgIpc) is 2.58. The van der Waals surface area contributed by atoms with E-state index in [1.54, 1.807) is 7.05 Å². The highest BCUT2D eigenvalue weighted by Gasteiger charge is 2.39. The summed E-state index contributed by atoms with van der Waals surface area (Å²) in [5.74, 6) is 0. The number of para-hydroxylation sites is 1. The third-order valence-electron chi connectivity index (χ3n) is 4.98. The molecule has 1 N–H and O–H groups in total. The van der Waals surface area contributed by atoms with E-state index in [9.17, 15) is 31.4 Å². The number of halogens is 6. The summed E-state index contributed by atoms with van der Waals surface area (Å²) in [5.41, 5.74) is -3.68. The number of hydrogen-bond acceptors (Lipinski definition) is 3. The molecular formula is C18H18F6N2O. The summed E-state index contributed by atoms with van der Waals surface area (Å²) >= 11 is 0. The lowest BCUT2D eigenvalue weighted by atomic mass is 9.90. The van der Waals surface area contributed by atoms with Crippen LogP contribution in [0.15, 0.2) is 24.3 Å². The molecule has 148 valence electrons. The number of fused-ring (bicyclic) bond motifs is 1. The van der Waals surface area contributed by atoms with E-state index < -0.39 is 41.3 Å². The van der Waals surface area contributed by atoms with Gasteiger partial charge in [-0.1, -0.05) is 18.6 Å². The van der Waals surface area contributed by atoms with Crippen molar-refractivity contribution in [3.05, 3.63) is 41.1 Å². The highest BCUT2D eigenvalue weighted by Crippen LogP contribution is 2.40. The van der Waals surface area contributed by atoms with Crippen LogP contribution in [0, 0.1) is 0 Å². The van der Waals surface area contributed by atoms with Gasteiger partial charge in [0.15, 0.2) is 0 Å². The first-order valence-corrected chi connectivity index (χ1v) is 8.46. The number of likely N-dealkylation sites (tertiary alicyclic amines) is 1. The smallest absolute Gasteiger partial charge is 0.387 e. The standard InChI is InChI=1S/C18H18F6N2O/c1-26-8-3-2-7-13(26)16(27)11-9-14(18(22,23)24)25-15-10(11)5-4-6-12(15)17(19,20)21/h4-6,9,13,16,27H,2-3,7-8H2,1H3/t13-,16+/m1/s1. The first kappa shape index (κ1) is 19.9. The van der Waals surface area contributed by atoms with Crippen LogP contribution in [-0.4, -0.2) is 34.6 Å². The van der Waals surface area contributed by atoms with Gasteiger partial charge in [0.25, 0.3) is 0 Å². The number of aliphatic hydroxyl groups is 1. The third kappa shape index (κ3) is 3.89. The molecule has 9 heteroatoms. The first-order valence-electron chi connectivity index (χ1n) is 8.46. The predicted octanol–water partition coefficient (Wildman–Crippen LogP) is 4.79. The molecule has 1 fully saturated rings. The Balaban J connectivity index is 2.24. The van der Waals surface area contributed by atoms with E-state index in [0.717, 1.165) is 18.9 Å². The average molecular weight is 392 g/mol. The Hall–Kier alpha value is -1.87. The highest BCUT2D eigenvalue weighted by molar-refractivity contribution is 5.86. The molecule has 2 atom stereocenters. The predicted molar refractivity (Wildman–Crippen MR) is 87.0 cm³/mol. The molecule has 2 aromatic rings. The van der Waals surface area contributed by atoms with Gasteiger partial charge in [0, 0.05) is 11.4 Å². The summed E-state index contributed by atoms with van der Waals surface area (Å²) in [7, 11) is 1.74. The molecular weight excluding hydrogens is 374 g/mol. The van der Waals surface area contributed by atoms with Crippen LogP contribution >= 0.6 is 0 Å². The van der Waals surface area contributed by atoms with E-state index in [-0.39, 0.29) is 10.9 Å². The van der Waals surface area contributed by atoms with Crippen molar-refractivity contribution in [1.29, 1.82) is 0 Å². The monoisotopic (exact) mass is 392 g/mol. The van der Waals surface area contributed by atoms with Gasteiger partial charge in [-0.05, 0) is 44.1 Å². The number of benzene rings is 1. The van der Waals surface area contributed by atoms with Gasteiger partial charge < -0.3 is 10.0 Å². The zero-order valence-electron chi connectivity index (χ0n) is 14.4. The summed E-state index contributed by atoms with van der Waals surface area (Å²) in [6, 6.07) is 3.26. The maximum atomic E-state index is 13.3. The second-order valence-corrected chi connectivity index (χ2v) is 6.78. The number of rotatable bonds is 2. The van der Waals surface area contributed by atoms with E-state index in [0.29, 0.717) is 25.1 Å². The Morgan fingerprint density at radius 3 is 2.41 bits per heavy atom. The normalized spacial score (nSPS) is 20.8. The largest absolute Gasteiger partial charge is 0.433 e. The van der Waals surface area contributed by atoms with Gasteiger partial charge in [-0.15, -0.1) is 0 Å². The second-order valence-electron chi connectivity index (χ2n) is 6.78. The molecule has 1 aliphatic heterocycles. The molecule has 3 rings (SSSR count). The highest BCUT2D eigenvalue weighted by atomic mass is 19.4. The molecule has 0 saturated carbocycles. The van der Waals surface area contributed by atoms with Crippen LogP contribution in [0.2, 0.25) is 0 Å². The van der Waals surface area contributed by atoms with Crippen molar-refractivity contribution in [3.8, 4) is 0 Å². The molecule has 2 heterocycles. The van der Waals surface area contributed by atoms with Crippen LogP contribution in [0.25, 0.3) is 10.9 Å². The van der Waals surface area contributed by atoms with Gasteiger partial charge in [0.2, 0.25) is 0 Å². The lowest BCUT2D eigenvalue weighted by Gasteiger charge is -2.36. The fraction of sp³-hybridized carbons (Fsp3) is 0.500. The van der Waals surface area contributed by atoms with Crippen LogP contribution in [0.5, 0.6) is 0 Å². The molecule has 0 radical (unpaired) electrons. The SMILES string of the molecule is CN1CCCC[C@@H]1[C@@H](O)c1cc(C(F)(F)F)nc2c(C(F)(F)F)cccc12. The summed E-state index contributed by atoms with van der Waals surface area (Å²) in [6.45, 7) is 0.657. The van der Waals surface area contributed by atoms with Crippen molar-refractivity contribution < 1.29 is 31.4 Å². The van der Waals surface area contributed by atoms with Crippen molar-refractivity contribution >= 4 is 10.9 Å². The minimum atomic E-state index is -4.93. The number of hydrogen-bond donors (Lipinski definition) is 1. The molecule has 3 nitrogen and oxygen atoms in total. The molecule has 0 amide bonds. The van der Waals surface area contributed by atoms with Crippen LogP contribution in [-0.2, 0) is 12.4 Å². The van der Waals surface area contributed by atoms with E-state index in [4.69, 9.17) is 0 Å². The summed E-state index contributed by atoms with van der Waals surface area (Å²) in [4.78, 5) is 5.07. The van der Waals surface area contributed by atoms with Crippen LogP contribution < -0.4 is 0 Å². The van der Waals surface area contributed by atoms with Crippen LogP contribution in [0.3, 0.4) is 0 Å². The summed E-state index contributed by atoms with van der Waals surface area (Å²) < 4.78 is 79.7. The van der Waals surface area contributed by atoms with Gasteiger partial charge in [0.1, 0.15) is 5.69 Å². The fourth-order valence-corrected chi connectivity index (χ4v) is 3.60. The maximum absolute atomic E-state index is 13.3. The lowest BCUT2D eigenvalue weighted by molar-refractivity contribution is -0.142. The third-order valence-corrected chi connectivity index (χ3v) is 4.98. The number of aromatic nitrogens is 1. The minimum Gasteiger partial charge on any atom is -0.387 e. The fourth-order valence-electron chi connectivity index (χ4n) is 3.60. The van der Waals surface area contributed by atoms with Crippen LogP contribution in [0.4, 0.5) is 26.3 Å².